The van der Waals surface area contributed by atoms with Crippen LogP contribution in [0.25, 0.3) is 0 Å². The lowest BCUT2D eigenvalue weighted by Gasteiger charge is -2.24. The molecule has 4 rings (SSSR count). The van der Waals surface area contributed by atoms with Gasteiger partial charge < -0.3 is 19.6 Å². The number of hydrogen-bond acceptors (Lipinski definition) is 5. The van der Waals surface area contributed by atoms with E-state index in [0.717, 1.165) is 31.6 Å². The van der Waals surface area contributed by atoms with Crippen LogP contribution in [0.5, 0.6) is 0 Å². The lowest BCUT2D eigenvalue weighted by Crippen LogP contribution is -2.47. The minimum Gasteiger partial charge on any atom is -0.371 e. The molecule has 0 bridgehead atoms. The van der Waals surface area contributed by atoms with Crippen LogP contribution in [-0.4, -0.2) is 54.1 Å². The van der Waals surface area contributed by atoms with Gasteiger partial charge in [0.1, 0.15) is 11.8 Å². The molecule has 2 saturated heterocycles. The number of amides is 2. The lowest BCUT2D eigenvalue weighted by atomic mass is 10.1. The second-order valence-corrected chi connectivity index (χ2v) is 8.04. The van der Waals surface area contributed by atoms with Crippen molar-refractivity contribution in [2.75, 3.05) is 31.1 Å². The summed E-state index contributed by atoms with van der Waals surface area (Å²) in [5, 5.41) is 6.92. The van der Waals surface area contributed by atoms with Crippen molar-refractivity contribution >= 4 is 17.5 Å². The van der Waals surface area contributed by atoms with E-state index in [1.807, 2.05) is 13.0 Å². The summed E-state index contributed by atoms with van der Waals surface area (Å²) in [5.41, 5.74) is 1.99. The van der Waals surface area contributed by atoms with Crippen molar-refractivity contribution in [3.8, 4) is 0 Å². The molecule has 2 aliphatic rings. The fourth-order valence-electron chi connectivity index (χ4n) is 4.32. The van der Waals surface area contributed by atoms with Gasteiger partial charge in [0.25, 0.3) is 0 Å². The molecule has 0 radical (unpaired) electrons. The minimum absolute atomic E-state index is 0.0391. The number of carbonyl (C=O) groups is 2. The first-order valence-corrected chi connectivity index (χ1v) is 10.4. The zero-order valence-corrected chi connectivity index (χ0v) is 16.8. The highest BCUT2D eigenvalue weighted by atomic mass is 16.5. The molecule has 7 heteroatoms. The Kier molecular flexibility index (Phi) is 5.83. The lowest BCUT2D eigenvalue weighted by molar-refractivity contribution is -0.138. The predicted molar refractivity (Wildman–Crippen MR) is 109 cm³/mol. The van der Waals surface area contributed by atoms with Gasteiger partial charge in [0.15, 0.2) is 0 Å². The zero-order chi connectivity index (χ0) is 20.2. The number of aryl methyl sites for hydroxylation is 1. The highest BCUT2D eigenvalue weighted by molar-refractivity contribution is 5.88. The van der Waals surface area contributed by atoms with E-state index in [2.05, 4.69) is 39.6 Å². The van der Waals surface area contributed by atoms with Crippen molar-refractivity contribution in [2.45, 2.75) is 38.6 Å². The van der Waals surface area contributed by atoms with Crippen LogP contribution in [0.4, 0.5) is 5.69 Å². The standard InChI is InChI=1S/C22H28N4O3/c1-16-12-19(29-24-16)13-21(27)26-10-5-8-20(26)22(28)23-14-17-9-11-25(15-17)18-6-3-2-4-7-18/h2-4,6-7,12,17,20H,5,8-11,13-15H2,1H3,(H,23,28)/t17?,20-/m0/s1. The summed E-state index contributed by atoms with van der Waals surface area (Å²) >= 11 is 0. The Morgan fingerprint density at radius 3 is 2.79 bits per heavy atom. The zero-order valence-electron chi connectivity index (χ0n) is 16.8. The van der Waals surface area contributed by atoms with Gasteiger partial charge in [0.2, 0.25) is 11.8 Å². The van der Waals surface area contributed by atoms with Crippen LogP contribution < -0.4 is 10.2 Å². The maximum Gasteiger partial charge on any atom is 0.242 e. The average molecular weight is 396 g/mol. The maximum absolute atomic E-state index is 12.8. The van der Waals surface area contributed by atoms with Gasteiger partial charge in [-0.2, -0.15) is 0 Å². The molecule has 0 spiro atoms. The van der Waals surface area contributed by atoms with E-state index in [1.165, 1.54) is 5.69 Å². The first-order valence-electron chi connectivity index (χ1n) is 10.4. The number of carbonyl (C=O) groups excluding carboxylic acids is 2. The number of likely N-dealkylation sites (tertiary alicyclic amines) is 1. The van der Waals surface area contributed by atoms with E-state index >= 15 is 0 Å². The molecule has 2 aliphatic heterocycles. The number of rotatable bonds is 6. The van der Waals surface area contributed by atoms with E-state index in [9.17, 15) is 9.59 Å². The highest BCUT2D eigenvalue weighted by Crippen LogP contribution is 2.24. The summed E-state index contributed by atoms with van der Waals surface area (Å²) in [6.07, 6.45) is 2.78. The Hall–Kier alpha value is -2.83. The summed E-state index contributed by atoms with van der Waals surface area (Å²) in [4.78, 5) is 29.5. The van der Waals surface area contributed by atoms with Gasteiger partial charge in [-0.05, 0) is 44.2 Å². The Balaban J connectivity index is 1.27. The van der Waals surface area contributed by atoms with Gasteiger partial charge in [-0.3, -0.25) is 9.59 Å². The molecule has 2 atom stereocenters. The topological polar surface area (TPSA) is 78.7 Å². The molecule has 0 aliphatic carbocycles. The Morgan fingerprint density at radius 2 is 2.03 bits per heavy atom. The van der Waals surface area contributed by atoms with E-state index in [-0.39, 0.29) is 24.3 Å². The molecule has 154 valence electrons. The largest absolute Gasteiger partial charge is 0.371 e. The van der Waals surface area contributed by atoms with Crippen LogP contribution in [0.15, 0.2) is 40.9 Å². The molecule has 3 heterocycles. The van der Waals surface area contributed by atoms with Crippen LogP contribution in [-0.2, 0) is 16.0 Å². The van der Waals surface area contributed by atoms with Crippen molar-refractivity contribution in [3.05, 3.63) is 47.9 Å². The third-order valence-corrected chi connectivity index (χ3v) is 5.85. The van der Waals surface area contributed by atoms with E-state index < -0.39 is 0 Å². The molecule has 2 amide bonds. The molecule has 1 unspecified atom stereocenters. The molecule has 7 nitrogen and oxygen atoms in total. The van der Waals surface area contributed by atoms with Gasteiger partial charge >= 0.3 is 0 Å². The van der Waals surface area contributed by atoms with Crippen molar-refractivity contribution in [3.63, 3.8) is 0 Å². The number of para-hydroxylation sites is 1. The quantitative estimate of drug-likeness (QED) is 0.810. The molecular weight excluding hydrogens is 368 g/mol. The van der Waals surface area contributed by atoms with Crippen LogP contribution in [0.2, 0.25) is 0 Å². The Bertz CT molecular complexity index is 851. The fourth-order valence-corrected chi connectivity index (χ4v) is 4.32. The van der Waals surface area contributed by atoms with Gasteiger partial charge in [-0.1, -0.05) is 23.4 Å². The van der Waals surface area contributed by atoms with Crippen LogP contribution in [0, 0.1) is 12.8 Å². The van der Waals surface area contributed by atoms with Gasteiger partial charge in [-0.25, -0.2) is 0 Å². The fraction of sp³-hybridized carbons (Fsp3) is 0.500. The van der Waals surface area contributed by atoms with E-state index in [4.69, 9.17) is 4.52 Å². The van der Waals surface area contributed by atoms with Crippen LogP contribution >= 0.6 is 0 Å². The first-order chi connectivity index (χ1) is 14.1. The summed E-state index contributed by atoms with van der Waals surface area (Å²) in [6, 6.07) is 11.8. The van der Waals surface area contributed by atoms with Gasteiger partial charge in [-0.15, -0.1) is 0 Å². The second-order valence-electron chi connectivity index (χ2n) is 8.04. The molecule has 29 heavy (non-hydrogen) atoms. The van der Waals surface area contributed by atoms with Crippen molar-refractivity contribution in [2.24, 2.45) is 5.92 Å². The van der Waals surface area contributed by atoms with Gasteiger partial charge in [0, 0.05) is 37.9 Å². The number of aromatic nitrogens is 1. The number of anilines is 1. The number of benzene rings is 1. The molecule has 1 N–H and O–H groups in total. The normalized spacial score (nSPS) is 21.6. The van der Waals surface area contributed by atoms with Crippen LogP contribution in [0.1, 0.15) is 30.7 Å². The second kappa shape index (κ2) is 8.68. The van der Waals surface area contributed by atoms with E-state index in [0.29, 0.717) is 31.2 Å². The predicted octanol–water partition coefficient (Wildman–Crippen LogP) is 2.16. The third kappa shape index (κ3) is 4.60. The molecular formula is C22H28N4O3. The third-order valence-electron chi connectivity index (χ3n) is 5.85. The van der Waals surface area contributed by atoms with Crippen LogP contribution in [0.3, 0.4) is 0 Å². The smallest absolute Gasteiger partial charge is 0.242 e. The molecule has 2 aromatic rings. The van der Waals surface area contributed by atoms with Crippen molar-refractivity contribution in [1.82, 2.24) is 15.4 Å². The first kappa shape index (κ1) is 19.5. The summed E-state index contributed by atoms with van der Waals surface area (Å²) in [7, 11) is 0. The minimum atomic E-state index is -0.377. The Labute approximate surface area is 171 Å². The summed E-state index contributed by atoms with van der Waals surface area (Å²) in [5.74, 6) is 0.866. The van der Waals surface area contributed by atoms with Crippen molar-refractivity contribution < 1.29 is 14.1 Å². The molecule has 1 aromatic heterocycles. The Morgan fingerprint density at radius 1 is 1.21 bits per heavy atom. The number of hydrogen-bond donors (Lipinski definition) is 1. The van der Waals surface area contributed by atoms with E-state index in [1.54, 1.807) is 11.0 Å². The maximum atomic E-state index is 12.8. The monoisotopic (exact) mass is 396 g/mol. The highest BCUT2D eigenvalue weighted by Gasteiger charge is 2.34. The SMILES string of the molecule is Cc1cc(CC(=O)N2CCC[C@H]2C(=O)NCC2CCN(c3ccccc3)C2)on1. The molecule has 0 saturated carbocycles. The number of nitrogens with zero attached hydrogens (tertiary/aromatic N) is 3. The summed E-state index contributed by atoms with van der Waals surface area (Å²) < 4.78 is 5.15. The average Bonchev–Trinajstić information content (AvgIpc) is 3.48. The van der Waals surface area contributed by atoms with Crippen molar-refractivity contribution in [1.29, 1.82) is 0 Å². The summed E-state index contributed by atoms with van der Waals surface area (Å²) in [6.45, 7) is 5.06. The molecule has 1 aromatic carbocycles. The van der Waals surface area contributed by atoms with Gasteiger partial charge in [0.05, 0.1) is 12.1 Å². The number of nitrogens with one attached hydrogen (secondary N) is 1. The molecule has 2 fully saturated rings.